The van der Waals surface area contributed by atoms with E-state index in [0.717, 1.165) is 11.3 Å². The van der Waals surface area contributed by atoms with E-state index in [9.17, 15) is 9.59 Å². The highest BCUT2D eigenvalue weighted by Gasteiger charge is 2.32. The van der Waals surface area contributed by atoms with E-state index in [-0.39, 0.29) is 17.3 Å². The summed E-state index contributed by atoms with van der Waals surface area (Å²) in [7, 11) is 0. The Morgan fingerprint density at radius 1 is 1.35 bits per heavy atom. The number of amides is 1. The van der Waals surface area contributed by atoms with Gasteiger partial charge in [0.05, 0.1) is 0 Å². The standard InChI is InChI=1S/C14H17NO4S/c1-9-7-13(8-15(9)14(17)18)20-12-5-3-11(4-6-12)19-10(2)16/h3-6,9,13H,7-8H2,1-2H3,(H,17,18)/t9-,13+/m1/s1. The third kappa shape index (κ3) is 3.66. The number of nitrogens with zero attached hydrogens (tertiary/aromatic N) is 1. The monoisotopic (exact) mass is 295 g/mol. The molecule has 0 radical (unpaired) electrons. The molecule has 0 saturated carbocycles. The summed E-state index contributed by atoms with van der Waals surface area (Å²) in [6.45, 7) is 3.84. The number of ether oxygens (including phenoxy) is 1. The average Bonchev–Trinajstić information content (AvgIpc) is 2.72. The van der Waals surface area contributed by atoms with Crippen molar-refractivity contribution in [1.29, 1.82) is 0 Å². The zero-order valence-electron chi connectivity index (χ0n) is 11.4. The molecule has 2 atom stereocenters. The Hall–Kier alpha value is -1.69. The zero-order valence-corrected chi connectivity index (χ0v) is 12.2. The number of hydrogen-bond donors (Lipinski definition) is 1. The molecule has 1 aromatic carbocycles. The second kappa shape index (κ2) is 6.17. The lowest BCUT2D eigenvalue weighted by molar-refractivity contribution is -0.131. The molecule has 1 heterocycles. The van der Waals surface area contributed by atoms with Gasteiger partial charge in [-0.3, -0.25) is 4.79 Å². The van der Waals surface area contributed by atoms with Crippen molar-refractivity contribution in [3.05, 3.63) is 24.3 Å². The third-order valence-electron chi connectivity index (χ3n) is 3.17. The van der Waals surface area contributed by atoms with Gasteiger partial charge in [-0.15, -0.1) is 11.8 Å². The Labute approximate surface area is 121 Å². The van der Waals surface area contributed by atoms with Gasteiger partial charge in [-0.05, 0) is 37.6 Å². The number of carbonyl (C=O) groups excluding carboxylic acids is 1. The SMILES string of the molecule is CC(=O)Oc1ccc(S[C@H]2C[C@@H](C)N(C(=O)O)C2)cc1. The Balaban J connectivity index is 1.94. The van der Waals surface area contributed by atoms with Gasteiger partial charge in [0.1, 0.15) is 5.75 Å². The number of likely N-dealkylation sites (tertiary alicyclic amines) is 1. The maximum absolute atomic E-state index is 11.0. The van der Waals surface area contributed by atoms with Crippen molar-refractivity contribution in [2.24, 2.45) is 0 Å². The van der Waals surface area contributed by atoms with E-state index in [0.29, 0.717) is 12.3 Å². The van der Waals surface area contributed by atoms with Crippen molar-refractivity contribution in [1.82, 2.24) is 4.90 Å². The fourth-order valence-electron chi connectivity index (χ4n) is 2.28. The summed E-state index contributed by atoms with van der Waals surface area (Å²) in [5, 5.41) is 9.32. The second-order valence-corrected chi connectivity index (χ2v) is 6.20. The maximum atomic E-state index is 11.0. The molecule has 0 unspecified atom stereocenters. The second-order valence-electron chi connectivity index (χ2n) is 4.82. The van der Waals surface area contributed by atoms with Gasteiger partial charge in [-0.1, -0.05) is 0 Å². The van der Waals surface area contributed by atoms with Gasteiger partial charge in [0.25, 0.3) is 0 Å². The van der Waals surface area contributed by atoms with Crippen molar-refractivity contribution >= 4 is 23.8 Å². The van der Waals surface area contributed by atoms with Crippen molar-refractivity contribution < 1.29 is 19.4 Å². The first-order valence-electron chi connectivity index (χ1n) is 6.40. The first-order valence-corrected chi connectivity index (χ1v) is 7.28. The summed E-state index contributed by atoms with van der Waals surface area (Å²) in [6.07, 6.45) is -0.00587. The van der Waals surface area contributed by atoms with Crippen molar-refractivity contribution in [3.63, 3.8) is 0 Å². The molecule has 0 aliphatic carbocycles. The van der Waals surface area contributed by atoms with Crippen LogP contribution in [-0.2, 0) is 4.79 Å². The molecule has 0 bridgehead atoms. The number of thioether (sulfide) groups is 1. The lowest BCUT2D eigenvalue weighted by Crippen LogP contribution is -2.32. The van der Waals surface area contributed by atoms with Crippen LogP contribution < -0.4 is 4.74 Å². The summed E-state index contributed by atoms with van der Waals surface area (Å²) in [4.78, 5) is 24.4. The molecule has 1 fully saturated rings. The van der Waals surface area contributed by atoms with E-state index < -0.39 is 6.09 Å². The minimum Gasteiger partial charge on any atom is -0.465 e. The number of hydrogen-bond acceptors (Lipinski definition) is 4. The normalized spacial score (nSPS) is 21.8. The summed E-state index contributed by atoms with van der Waals surface area (Å²) in [5.41, 5.74) is 0. The minimum absolute atomic E-state index is 0.0605. The van der Waals surface area contributed by atoms with Crippen LogP contribution in [0.1, 0.15) is 20.3 Å². The van der Waals surface area contributed by atoms with Gasteiger partial charge >= 0.3 is 12.1 Å². The molecule has 0 spiro atoms. The van der Waals surface area contributed by atoms with Crippen LogP contribution in [0.5, 0.6) is 5.75 Å². The van der Waals surface area contributed by atoms with Crippen LogP contribution in [0, 0.1) is 0 Å². The van der Waals surface area contributed by atoms with Crippen LogP contribution in [0.3, 0.4) is 0 Å². The molecule has 108 valence electrons. The van der Waals surface area contributed by atoms with E-state index >= 15 is 0 Å². The molecule has 1 aliphatic rings. The fraction of sp³-hybridized carbons (Fsp3) is 0.429. The maximum Gasteiger partial charge on any atom is 0.407 e. The van der Waals surface area contributed by atoms with Crippen LogP contribution in [0.2, 0.25) is 0 Å². The molecular weight excluding hydrogens is 278 g/mol. The third-order valence-corrected chi connectivity index (χ3v) is 4.39. The van der Waals surface area contributed by atoms with Crippen LogP contribution in [0.4, 0.5) is 4.79 Å². The summed E-state index contributed by atoms with van der Waals surface area (Å²) < 4.78 is 4.97. The van der Waals surface area contributed by atoms with E-state index in [1.54, 1.807) is 23.9 Å². The molecule has 20 heavy (non-hydrogen) atoms. The van der Waals surface area contributed by atoms with Crippen molar-refractivity contribution in [2.75, 3.05) is 6.54 Å². The van der Waals surface area contributed by atoms with Gasteiger partial charge in [0.2, 0.25) is 0 Å². The highest BCUT2D eigenvalue weighted by molar-refractivity contribution is 8.00. The highest BCUT2D eigenvalue weighted by atomic mass is 32.2. The lowest BCUT2D eigenvalue weighted by atomic mass is 10.2. The zero-order chi connectivity index (χ0) is 14.7. The average molecular weight is 295 g/mol. The van der Waals surface area contributed by atoms with E-state index in [2.05, 4.69) is 0 Å². The molecule has 1 saturated heterocycles. The summed E-state index contributed by atoms with van der Waals surface area (Å²) >= 11 is 1.66. The van der Waals surface area contributed by atoms with Gasteiger partial charge in [-0.25, -0.2) is 4.79 Å². The molecule has 1 aromatic rings. The van der Waals surface area contributed by atoms with Gasteiger partial charge in [-0.2, -0.15) is 0 Å². The largest absolute Gasteiger partial charge is 0.465 e. The molecule has 0 aromatic heterocycles. The quantitative estimate of drug-likeness (QED) is 0.686. The number of carboxylic acid groups (broad SMARTS) is 1. The van der Waals surface area contributed by atoms with Gasteiger partial charge < -0.3 is 14.7 Å². The highest BCUT2D eigenvalue weighted by Crippen LogP contribution is 2.33. The number of esters is 1. The lowest BCUT2D eigenvalue weighted by Gasteiger charge is -2.16. The van der Waals surface area contributed by atoms with Crippen molar-refractivity contribution in [2.45, 2.75) is 36.5 Å². The first-order chi connectivity index (χ1) is 9.45. The van der Waals surface area contributed by atoms with Crippen LogP contribution in [-0.4, -0.2) is 39.9 Å². The molecule has 5 nitrogen and oxygen atoms in total. The molecule has 2 rings (SSSR count). The Morgan fingerprint density at radius 2 is 2.00 bits per heavy atom. The number of carbonyl (C=O) groups is 2. The Bertz CT molecular complexity index is 502. The first kappa shape index (κ1) is 14.7. The number of benzene rings is 1. The van der Waals surface area contributed by atoms with E-state index in [1.165, 1.54) is 11.8 Å². The molecule has 1 amide bonds. The van der Waals surface area contributed by atoms with Crippen molar-refractivity contribution in [3.8, 4) is 5.75 Å². The van der Waals surface area contributed by atoms with E-state index in [4.69, 9.17) is 9.84 Å². The molecule has 1 N–H and O–H groups in total. The van der Waals surface area contributed by atoms with Crippen LogP contribution in [0.25, 0.3) is 0 Å². The summed E-state index contributed by atoms with van der Waals surface area (Å²) in [6, 6.07) is 7.33. The topological polar surface area (TPSA) is 66.8 Å². The Kier molecular flexibility index (Phi) is 4.54. The predicted molar refractivity (Wildman–Crippen MR) is 76.2 cm³/mol. The smallest absolute Gasteiger partial charge is 0.407 e. The van der Waals surface area contributed by atoms with Gasteiger partial charge in [0, 0.05) is 29.7 Å². The fourth-order valence-corrected chi connectivity index (χ4v) is 3.57. The predicted octanol–water partition coefficient (Wildman–Crippen LogP) is 2.84. The van der Waals surface area contributed by atoms with Gasteiger partial charge in [0.15, 0.2) is 0 Å². The molecule has 6 heteroatoms. The molecular formula is C14H17NO4S. The van der Waals surface area contributed by atoms with Crippen LogP contribution in [0.15, 0.2) is 29.2 Å². The van der Waals surface area contributed by atoms with E-state index in [1.807, 2.05) is 19.1 Å². The minimum atomic E-state index is -0.856. The number of rotatable bonds is 3. The molecule has 1 aliphatic heterocycles. The van der Waals surface area contributed by atoms with Crippen LogP contribution >= 0.6 is 11.8 Å². The Morgan fingerprint density at radius 3 is 2.50 bits per heavy atom. The summed E-state index contributed by atoms with van der Waals surface area (Å²) in [5.74, 6) is 0.181.